The molecule has 1 aromatic rings. The second-order valence-corrected chi connectivity index (χ2v) is 8.77. The monoisotopic (exact) mass is 430 g/mol. The predicted molar refractivity (Wildman–Crippen MR) is 124 cm³/mol. The molecule has 31 heavy (non-hydrogen) atoms. The molecule has 2 heterocycles. The molecule has 0 aromatic heterocycles. The van der Waals surface area contributed by atoms with Gasteiger partial charge in [0.2, 0.25) is 5.91 Å². The summed E-state index contributed by atoms with van der Waals surface area (Å²) in [4.78, 5) is 29.2. The molecule has 0 saturated carbocycles. The molecule has 2 N–H and O–H groups in total. The molecule has 0 bridgehead atoms. The van der Waals surface area contributed by atoms with E-state index in [1.165, 1.54) is 5.69 Å². The number of rotatable bonds is 8. The molecule has 7 nitrogen and oxygen atoms in total. The highest BCUT2D eigenvalue weighted by molar-refractivity contribution is 5.79. The third kappa shape index (κ3) is 6.28. The number of ether oxygens (including phenoxy) is 1. The van der Waals surface area contributed by atoms with E-state index < -0.39 is 0 Å². The average Bonchev–Trinajstić information content (AvgIpc) is 3.28. The Morgan fingerprint density at radius 1 is 1.13 bits per heavy atom. The maximum Gasteiger partial charge on any atom is 0.315 e. The summed E-state index contributed by atoms with van der Waals surface area (Å²) in [6, 6.07) is 8.17. The molecule has 3 amide bonds. The molecule has 0 aliphatic carbocycles. The quantitative estimate of drug-likeness (QED) is 0.664. The van der Waals surface area contributed by atoms with Gasteiger partial charge in [0.05, 0.1) is 7.11 Å². The van der Waals surface area contributed by atoms with Crippen LogP contribution in [-0.4, -0.2) is 62.7 Å². The van der Waals surface area contributed by atoms with Crippen molar-refractivity contribution in [2.24, 2.45) is 11.8 Å². The van der Waals surface area contributed by atoms with Gasteiger partial charge < -0.3 is 25.2 Å². The number of piperidine rings is 1. The van der Waals surface area contributed by atoms with Gasteiger partial charge >= 0.3 is 6.03 Å². The van der Waals surface area contributed by atoms with Gasteiger partial charge in [-0.25, -0.2) is 4.79 Å². The first kappa shape index (κ1) is 23.2. The number of nitrogens with one attached hydrogen (secondary N) is 2. The van der Waals surface area contributed by atoms with Gasteiger partial charge in [-0.15, -0.1) is 0 Å². The number of anilines is 1. The maximum absolute atomic E-state index is 12.5. The lowest BCUT2D eigenvalue weighted by atomic mass is 9.98. The van der Waals surface area contributed by atoms with Gasteiger partial charge in [0, 0.05) is 56.4 Å². The van der Waals surface area contributed by atoms with Crippen molar-refractivity contribution in [1.82, 2.24) is 15.5 Å². The van der Waals surface area contributed by atoms with Crippen molar-refractivity contribution < 1.29 is 14.3 Å². The molecule has 3 rings (SSSR count). The summed E-state index contributed by atoms with van der Waals surface area (Å²) < 4.78 is 5.32. The van der Waals surface area contributed by atoms with Crippen LogP contribution in [0.25, 0.3) is 0 Å². The highest BCUT2D eigenvalue weighted by Gasteiger charge is 2.28. The Hall–Kier alpha value is -2.44. The molecule has 7 heteroatoms. The molecule has 0 radical (unpaired) electrons. The highest BCUT2D eigenvalue weighted by Crippen LogP contribution is 2.26. The predicted octanol–water partition coefficient (Wildman–Crippen LogP) is 3.25. The van der Waals surface area contributed by atoms with E-state index in [2.05, 4.69) is 41.5 Å². The van der Waals surface area contributed by atoms with Crippen LogP contribution in [0.15, 0.2) is 24.3 Å². The first-order chi connectivity index (χ1) is 15.0. The molecule has 2 fully saturated rings. The van der Waals surface area contributed by atoms with E-state index in [1.54, 1.807) is 7.11 Å². The van der Waals surface area contributed by atoms with E-state index in [1.807, 2.05) is 17.0 Å². The molecule has 1 unspecified atom stereocenters. The number of benzene rings is 1. The number of urea groups is 1. The number of nitrogens with zero attached hydrogens (tertiary/aromatic N) is 2. The molecule has 0 spiro atoms. The zero-order valence-electron chi connectivity index (χ0n) is 19.2. The van der Waals surface area contributed by atoms with Crippen LogP contribution in [-0.2, 0) is 4.79 Å². The fourth-order valence-corrected chi connectivity index (χ4v) is 4.65. The zero-order chi connectivity index (χ0) is 22.2. The minimum Gasteiger partial charge on any atom is -0.497 e. The summed E-state index contributed by atoms with van der Waals surface area (Å²) >= 11 is 0. The number of amides is 3. The average molecular weight is 431 g/mol. The minimum absolute atomic E-state index is 0.0930. The van der Waals surface area contributed by atoms with Crippen molar-refractivity contribution in [2.45, 2.75) is 52.0 Å². The molecular formula is C24H38N4O3. The van der Waals surface area contributed by atoms with Gasteiger partial charge in [-0.2, -0.15) is 0 Å². The highest BCUT2D eigenvalue weighted by atomic mass is 16.5. The van der Waals surface area contributed by atoms with E-state index in [-0.39, 0.29) is 23.9 Å². The van der Waals surface area contributed by atoms with Gasteiger partial charge in [-0.3, -0.25) is 4.79 Å². The third-order valence-electron chi connectivity index (χ3n) is 6.73. The number of carbonyl (C=O) groups excluding carboxylic acids is 2. The van der Waals surface area contributed by atoms with E-state index >= 15 is 0 Å². The lowest BCUT2D eigenvalue weighted by molar-refractivity contribution is -0.136. The van der Waals surface area contributed by atoms with Crippen molar-refractivity contribution in [3.63, 3.8) is 0 Å². The molecule has 2 aliphatic rings. The van der Waals surface area contributed by atoms with Crippen LogP contribution < -0.4 is 20.3 Å². The third-order valence-corrected chi connectivity index (χ3v) is 6.73. The standard InChI is InChI=1S/C24H38N4O3/c1-4-19(5-2)23(29)27-13-10-20(11-14-27)26-24(30)25-16-18-9-12-28(17-18)21-7-6-8-22(15-21)31-3/h6-8,15,18-20H,4-5,9-14,16-17H2,1-3H3,(H2,25,26,30). The number of likely N-dealkylation sites (tertiary alicyclic amines) is 1. The number of hydrogen-bond acceptors (Lipinski definition) is 4. The summed E-state index contributed by atoms with van der Waals surface area (Å²) in [5, 5.41) is 6.15. The number of methoxy groups -OCH3 is 1. The van der Waals surface area contributed by atoms with Crippen molar-refractivity contribution >= 4 is 17.6 Å². The van der Waals surface area contributed by atoms with Gasteiger partial charge in [0.1, 0.15) is 5.75 Å². The van der Waals surface area contributed by atoms with Crippen LogP contribution in [0, 0.1) is 11.8 Å². The van der Waals surface area contributed by atoms with Crippen molar-refractivity contribution in [1.29, 1.82) is 0 Å². The van der Waals surface area contributed by atoms with Crippen molar-refractivity contribution in [2.75, 3.05) is 44.7 Å². The normalized spacial score (nSPS) is 19.5. The Kier molecular flexibility index (Phi) is 8.43. The minimum atomic E-state index is -0.0930. The Labute approximate surface area is 186 Å². The fraction of sp³-hybridized carbons (Fsp3) is 0.667. The second kappa shape index (κ2) is 11.3. The first-order valence-corrected chi connectivity index (χ1v) is 11.8. The lowest BCUT2D eigenvalue weighted by Gasteiger charge is -2.34. The van der Waals surface area contributed by atoms with E-state index in [4.69, 9.17) is 4.74 Å². The molecule has 2 aliphatic heterocycles. The zero-order valence-corrected chi connectivity index (χ0v) is 19.2. The Balaban J connectivity index is 1.36. The summed E-state index contributed by atoms with van der Waals surface area (Å²) in [5.41, 5.74) is 1.17. The van der Waals surface area contributed by atoms with Crippen molar-refractivity contribution in [3.8, 4) is 5.75 Å². The molecule has 1 aromatic carbocycles. The topological polar surface area (TPSA) is 73.9 Å². The van der Waals surface area contributed by atoms with Crippen LogP contribution in [0.2, 0.25) is 0 Å². The molecule has 172 valence electrons. The summed E-state index contributed by atoms with van der Waals surface area (Å²) in [6.45, 7) is 8.22. The van der Waals surface area contributed by atoms with Gasteiger partial charge in [0.25, 0.3) is 0 Å². The summed E-state index contributed by atoms with van der Waals surface area (Å²) in [5.74, 6) is 1.72. The van der Waals surface area contributed by atoms with Crippen LogP contribution in [0.5, 0.6) is 5.75 Å². The summed E-state index contributed by atoms with van der Waals surface area (Å²) in [6.07, 6.45) is 4.51. The van der Waals surface area contributed by atoms with Crippen LogP contribution in [0.1, 0.15) is 46.0 Å². The Bertz CT molecular complexity index is 729. The van der Waals surface area contributed by atoms with E-state index in [9.17, 15) is 9.59 Å². The molecular weight excluding hydrogens is 392 g/mol. The van der Waals surface area contributed by atoms with Crippen LogP contribution in [0.4, 0.5) is 10.5 Å². The summed E-state index contributed by atoms with van der Waals surface area (Å²) in [7, 11) is 1.68. The first-order valence-electron chi connectivity index (χ1n) is 11.8. The number of hydrogen-bond donors (Lipinski definition) is 2. The lowest BCUT2D eigenvalue weighted by Crippen LogP contribution is -2.50. The van der Waals surface area contributed by atoms with Crippen molar-refractivity contribution in [3.05, 3.63) is 24.3 Å². The Morgan fingerprint density at radius 3 is 2.55 bits per heavy atom. The largest absolute Gasteiger partial charge is 0.497 e. The number of carbonyl (C=O) groups is 2. The van der Waals surface area contributed by atoms with Gasteiger partial charge in [-0.05, 0) is 50.2 Å². The fourth-order valence-electron chi connectivity index (χ4n) is 4.65. The van der Waals surface area contributed by atoms with Gasteiger partial charge in [-0.1, -0.05) is 19.9 Å². The SMILES string of the molecule is CCC(CC)C(=O)N1CCC(NC(=O)NCC2CCN(c3cccc(OC)c3)C2)CC1. The second-order valence-electron chi connectivity index (χ2n) is 8.77. The van der Waals surface area contributed by atoms with E-state index in [0.29, 0.717) is 12.5 Å². The Morgan fingerprint density at radius 2 is 1.87 bits per heavy atom. The molecule has 2 saturated heterocycles. The van der Waals surface area contributed by atoms with Gasteiger partial charge in [0.15, 0.2) is 0 Å². The maximum atomic E-state index is 12.5. The van der Waals surface area contributed by atoms with E-state index in [0.717, 1.165) is 64.0 Å². The molecule has 1 atom stereocenters. The smallest absolute Gasteiger partial charge is 0.315 e. The van der Waals surface area contributed by atoms with Crippen LogP contribution >= 0.6 is 0 Å². The van der Waals surface area contributed by atoms with Crippen LogP contribution in [0.3, 0.4) is 0 Å².